The second-order valence-corrected chi connectivity index (χ2v) is 4.93. The lowest BCUT2D eigenvalue weighted by atomic mass is 10.1. The highest BCUT2D eigenvalue weighted by atomic mass is 19.4. The molecule has 0 amide bonds. The van der Waals surface area contributed by atoms with Gasteiger partial charge in [0.05, 0.1) is 12.2 Å². The van der Waals surface area contributed by atoms with Crippen LogP contribution in [0.2, 0.25) is 0 Å². The third-order valence-electron chi connectivity index (χ3n) is 3.10. The van der Waals surface area contributed by atoms with Crippen LogP contribution in [-0.2, 0) is 12.8 Å². The van der Waals surface area contributed by atoms with Gasteiger partial charge in [-0.3, -0.25) is 0 Å². The molecular weight excluding hydrogens is 307 g/mol. The molecule has 2 rings (SSSR count). The maximum absolute atomic E-state index is 12.5. The first-order valence-corrected chi connectivity index (χ1v) is 6.84. The summed E-state index contributed by atoms with van der Waals surface area (Å²) in [7, 11) is 0. The van der Waals surface area contributed by atoms with Crippen molar-refractivity contribution in [2.45, 2.75) is 12.8 Å². The zero-order chi connectivity index (χ0) is 16.9. The number of rotatable bonds is 5. The van der Waals surface area contributed by atoms with Crippen molar-refractivity contribution in [1.29, 1.82) is 0 Å². The highest BCUT2D eigenvalue weighted by Crippen LogP contribution is 2.29. The van der Waals surface area contributed by atoms with Crippen LogP contribution in [0.15, 0.2) is 54.2 Å². The topological polar surface area (TPSA) is 55.5 Å². The van der Waals surface area contributed by atoms with Gasteiger partial charge in [-0.25, -0.2) is 0 Å². The maximum atomic E-state index is 12.5. The number of aliphatic hydroxyl groups is 1. The summed E-state index contributed by atoms with van der Waals surface area (Å²) in [6.07, 6.45) is -2.70. The van der Waals surface area contributed by atoms with Crippen LogP contribution in [0.25, 0.3) is 6.08 Å². The molecule has 23 heavy (non-hydrogen) atoms. The molecule has 0 radical (unpaired) electrons. The van der Waals surface area contributed by atoms with E-state index in [-0.39, 0.29) is 13.2 Å². The van der Waals surface area contributed by atoms with Crippen molar-refractivity contribution >= 4 is 6.08 Å². The van der Waals surface area contributed by atoms with Gasteiger partial charge in [-0.2, -0.15) is 13.2 Å². The molecule has 0 saturated heterocycles. The summed E-state index contributed by atoms with van der Waals surface area (Å²) in [6, 6.07) is 11.8. The summed E-state index contributed by atoms with van der Waals surface area (Å²) < 4.78 is 42.9. The fourth-order valence-electron chi connectivity index (χ4n) is 1.88. The van der Waals surface area contributed by atoms with E-state index in [0.29, 0.717) is 17.0 Å². The van der Waals surface area contributed by atoms with Crippen LogP contribution in [0.4, 0.5) is 13.2 Å². The standard InChI is InChI=1S/C17H16F3NO2/c18-17(19,20)14-5-1-13(2-6-14)11-23-16-7-3-12(4-8-16)9-15(21)10-22/h1-9,22H,10-11,21H2/b15-9+. The third-order valence-corrected chi connectivity index (χ3v) is 3.10. The molecule has 122 valence electrons. The zero-order valence-electron chi connectivity index (χ0n) is 12.2. The second kappa shape index (κ2) is 7.19. The Morgan fingerprint density at radius 1 is 1.04 bits per heavy atom. The summed E-state index contributed by atoms with van der Waals surface area (Å²) in [6.45, 7) is -0.0434. The molecule has 6 heteroatoms. The molecule has 0 fully saturated rings. The Morgan fingerprint density at radius 2 is 1.65 bits per heavy atom. The molecule has 0 atom stereocenters. The quantitative estimate of drug-likeness (QED) is 0.884. The van der Waals surface area contributed by atoms with E-state index in [1.165, 1.54) is 12.1 Å². The first-order chi connectivity index (χ1) is 10.9. The normalized spacial score (nSPS) is 12.3. The molecule has 3 nitrogen and oxygen atoms in total. The van der Waals surface area contributed by atoms with Crippen molar-refractivity contribution in [2.75, 3.05) is 6.61 Å². The van der Waals surface area contributed by atoms with Crippen molar-refractivity contribution in [3.05, 3.63) is 70.9 Å². The fraction of sp³-hybridized carbons (Fsp3) is 0.176. The van der Waals surface area contributed by atoms with Gasteiger partial charge in [0.25, 0.3) is 0 Å². The van der Waals surface area contributed by atoms with E-state index in [4.69, 9.17) is 15.6 Å². The predicted molar refractivity (Wildman–Crippen MR) is 81.5 cm³/mol. The van der Waals surface area contributed by atoms with Crippen molar-refractivity contribution in [3.63, 3.8) is 0 Å². The Balaban J connectivity index is 1.96. The average molecular weight is 323 g/mol. The molecule has 0 aliphatic rings. The van der Waals surface area contributed by atoms with E-state index in [9.17, 15) is 13.2 Å². The molecule has 2 aromatic carbocycles. The lowest BCUT2D eigenvalue weighted by molar-refractivity contribution is -0.137. The van der Waals surface area contributed by atoms with Gasteiger partial charge in [0.1, 0.15) is 12.4 Å². The van der Waals surface area contributed by atoms with Gasteiger partial charge in [0.2, 0.25) is 0 Å². The smallest absolute Gasteiger partial charge is 0.416 e. The lowest BCUT2D eigenvalue weighted by Gasteiger charge is -2.09. The van der Waals surface area contributed by atoms with Crippen LogP contribution >= 0.6 is 0 Å². The Bertz CT molecular complexity index is 662. The van der Waals surface area contributed by atoms with Gasteiger partial charge in [0, 0.05) is 5.70 Å². The highest BCUT2D eigenvalue weighted by Gasteiger charge is 2.29. The summed E-state index contributed by atoms with van der Waals surface area (Å²) in [5.41, 5.74) is 6.65. The van der Waals surface area contributed by atoms with Crippen molar-refractivity contribution in [2.24, 2.45) is 5.73 Å². The molecule has 0 saturated carbocycles. The molecule has 0 aromatic heterocycles. The van der Waals surface area contributed by atoms with Crippen LogP contribution in [0.3, 0.4) is 0 Å². The molecule has 0 unspecified atom stereocenters. The minimum Gasteiger partial charge on any atom is -0.489 e. The SMILES string of the molecule is N/C(=C/c1ccc(OCc2ccc(C(F)(F)F)cc2)cc1)CO. The molecule has 0 spiro atoms. The summed E-state index contributed by atoms with van der Waals surface area (Å²) in [5.74, 6) is 0.588. The Kier molecular flexibility index (Phi) is 5.28. The molecule has 0 bridgehead atoms. The van der Waals surface area contributed by atoms with Crippen LogP contribution in [0, 0.1) is 0 Å². The van der Waals surface area contributed by atoms with E-state index in [0.717, 1.165) is 17.7 Å². The fourth-order valence-corrected chi connectivity index (χ4v) is 1.88. The predicted octanol–water partition coefficient (Wildman–Crippen LogP) is 3.58. The average Bonchev–Trinajstić information content (AvgIpc) is 2.53. The highest BCUT2D eigenvalue weighted by molar-refractivity contribution is 5.53. The molecule has 3 N–H and O–H groups in total. The van der Waals surface area contributed by atoms with Crippen molar-refractivity contribution < 1.29 is 23.0 Å². The Hall–Kier alpha value is -2.47. The van der Waals surface area contributed by atoms with E-state index < -0.39 is 11.7 Å². The van der Waals surface area contributed by atoms with Crippen LogP contribution in [-0.4, -0.2) is 11.7 Å². The molecule has 0 heterocycles. The van der Waals surface area contributed by atoms with E-state index >= 15 is 0 Å². The van der Waals surface area contributed by atoms with Gasteiger partial charge < -0.3 is 15.6 Å². The monoisotopic (exact) mass is 323 g/mol. The Morgan fingerprint density at radius 3 is 2.17 bits per heavy atom. The minimum absolute atomic E-state index is 0.173. The van der Waals surface area contributed by atoms with Crippen LogP contribution < -0.4 is 10.5 Å². The second-order valence-electron chi connectivity index (χ2n) is 4.93. The summed E-state index contributed by atoms with van der Waals surface area (Å²) in [4.78, 5) is 0. The molecule has 2 aromatic rings. The van der Waals surface area contributed by atoms with Gasteiger partial charge in [0.15, 0.2) is 0 Å². The largest absolute Gasteiger partial charge is 0.489 e. The number of hydrogen-bond acceptors (Lipinski definition) is 3. The van der Waals surface area contributed by atoms with Crippen molar-refractivity contribution in [1.82, 2.24) is 0 Å². The van der Waals surface area contributed by atoms with E-state index in [1.807, 2.05) is 0 Å². The number of ether oxygens (including phenoxy) is 1. The van der Waals surface area contributed by atoms with Crippen LogP contribution in [0.5, 0.6) is 5.75 Å². The molecule has 0 aliphatic carbocycles. The summed E-state index contributed by atoms with van der Waals surface area (Å²) >= 11 is 0. The first-order valence-electron chi connectivity index (χ1n) is 6.84. The summed E-state index contributed by atoms with van der Waals surface area (Å²) in [5, 5.41) is 8.84. The zero-order valence-corrected chi connectivity index (χ0v) is 12.2. The van der Waals surface area contributed by atoms with Gasteiger partial charge in [-0.15, -0.1) is 0 Å². The van der Waals surface area contributed by atoms with Crippen molar-refractivity contribution in [3.8, 4) is 5.75 Å². The molecular formula is C17H16F3NO2. The number of aliphatic hydroxyl groups excluding tert-OH is 1. The maximum Gasteiger partial charge on any atom is 0.416 e. The van der Waals surface area contributed by atoms with E-state index in [2.05, 4.69) is 0 Å². The number of nitrogens with two attached hydrogens (primary N) is 1. The first kappa shape index (κ1) is 16.9. The number of benzene rings is 2. The van der Waals surface area contributed by atoms with Crippen LogP contribution in [0.1, 0.15) is 16.7 Å². The molecule has 0 aliphatic heterocycles. The van der Waals surface area contributed by atoms with Gasteiger partial charge in [-0.1, -0.05) is 24.3 Å². The number of alkyl halides is 3. The lowest BCUT2D eigenvalue weighted by Crippen LogP contribution is -2.05. The Labute approximate surface area is 131 Å². The number of hydrogen-bond donors (Lipinski definition) is 2. The van der Waals surface area contributed by atoms with Gasteiger partial charge in [-0.05, 0) is 41.5 Å². The van der Waals surface area contributed by atoms with E-state index in [1.54, 1.807) is 30.3 Å². The third kappa shape index (κ3) is 5.03. The number of halogens is 3. The minimum atomic E-state index is -4.33. The van der Waals surface area contributed by atoms with Gasteiger partial charge >= 0.3 is 6.18 Å².